The van der Waals surface area contributed by atoms with Crippen molar-refractivity contribution in [1.29, 1.82) is 0 Å². The van der Waals surface area contributed by atoms with E-state index in [1.807, 2.05) is 0 Å². The van der Waals surface area contributed by atoms with Crippen LogP contribution in [-0.4, -0.2) is 35.2 Å². The highest BCUT2D eigenvalue weighted by Crippen LogP contribution is 2.42. The third kappa shape index (κ3) is 3.55. The fourth-order valence-electron chi connectivity index (χ4n) is 2.87. The maximum absolute atomic E-state index is 14.1. The summed E-state index contributed by atoms with van der Waals surface area (Å²) in [6.07, 6.45) is 2.87. The summed E-state index contributed by atoms with van der Waals surface area (Å²) in [5.41, 5.74) is 1.91. The number of nitrogens with zero attached hydrogens (tertiary/aromatic N) is 1. The molecule has 1 saturated carbocycles. The molecule has 0 unspecified atom stereocenters. The van der Waals surface area contributed by atoms with Gasteiger partial charge in [-0.05, 0) is 37.0 Å². The van der Waals surface area contributed by atoms with Crippen molar-refractivity contribution in [3.05, 3.63) is 46.0 Å². The molecule has 0 atom stereocenters. The molecular weight excluding hydrogens is 345 g/mol. The molecular formula is C18H19ClFN3O2. The van der Waals surface area contributed by atoms with Crippen LogP contribution in [0.15, 0.2) is 18.2 Å². The number of rotatable bonds is 7. The Kier molecular flexibility index (Phi) is 4.48. The summed E-state index contributed by atoms with van der Waals surface area (Å²) in [6, 6.07) is 4.84. The van der Waals surface area contributed by atoms with Crippen molar-refractivity contribution in [3.8, 4) is 5.75 Å². The summed E-state index contributed by atoms with van der Waals surface area (Å²) in [7, 11) is 0. The van der Waals surface area contributed by atoms with Crippen molar-refractivity contribution >= 4 is 17.4 Å². The van der Waals surface area contributed by atoms with Crippen LogP contribution in [0.1, 0.15) is 46.9 Å². The van der Waals surface area contributed by atoms with E-state index in [0.29, 0.717) is 23.1 Å². The molecule has 2 aliphatic rings. The molecule has 2 heterocycles. The van der Waals surface area contributed by atoms with Gasteiger partial charge < -0.3 is 10.1 Å². The van der Waals surface area contributed by atoms with E-state index in [-0.39, 0.29) is 24.1 Å². The lowest BCUT2D eigenvalue weighted by atomic mass is 10.1. The maximum atomic E-state index is 14.1. The van der Waals surface area contributed by atoms with Crippen molar-refractivity contribution < 1.29 is 13.9 Å². The highest BCUT2D eigenvalue weighted by Gasteiger charge is 2.30. The Morgan fingerprint density at radius 3 is 2.80 bits per heavy atom. The van der Waals surface area contributed by atoms with Crippen LogP contribution < -0.4 is 10.1 Å². The molecule has 2 N–H and O–H groups in total. The highest BCUT2D eigenvalue weighted by atomic mass is 35.5. The van der Waals surface area contributed by atoms with Gasteiger partial charge in [0.15, 0.2) is 17.3 Å². The first kappa shape index (κ1) is 16.5. The van der Waals surface area contributed by atoms with Gasteiger partial charge in [-0.2, -0.15) is 5.10 Å². The summed E-state index contributed by atoms with van der Waals surface area (Å²) in [5.74, 6) is 0.139. The molecule has 7 heteroatoms. The van der Waals surface area contributed by atoms with Crippen LogP contribution >= 0.6 is 11.6 Å². The van der Waals surface area contributed by atoms with Crippen LogP contribution in [0.5, 0.6) is 5.75 Å². The van der Waals surface area contributed by atoms with Gasteiger partial charge in [-0.25, -0.2) is 4.39 Å². The molecule has 0 amide bonds. The minimum absolute atomic E-state index is 0.0319. The Bertz CT molecular complexity index is 800. The SMILES string of the molecule is O=C(CCc1ccc(OC2CNC2)c(F)c1)c1n[nH]c(C2CC2)c1Cl. The number of carbonyl (C=O) groups excluding carboxylic acids is 1. The number of benzene rings is 1. The molecule has 0 spiro atoms. The summed E-state index contributed by atoms with van der Waals surface area (Å²) in [6.45, 7) is 1.48. The molecule has 0 radical (unpaired) electrons. The molecule has 2 aromatic rings. The monoisotopic (exact) mass is 363 g/mol. The van der Waals surface area contributed by atoms with E-state index in [1.54, 1.807) is 12.1 Å². The summed E-state index contributed by atoms with van der Waals surface area (Å²) in [4.78, 5) is 12.3. The molecule has 1 aromatic carbocycles. The molecule has 25 heavy (non-hydrogen) atoms. The average Bonchev–Trinajstić information content (AvgIpc) is 3.32. The van der Waals surface area contributed by atoms with E-state index in [4.69, 9.17) is 16.3 Å². The first-order valence-electron chi connectivity index (χ1n) is 8.54. The first-order valence-corrected chi connectivity index (χ1v) is 8.92. The number of aryl methyl sites for hydroxylation is 1. The quantitative estimate of drug-likeness (QED) is 0.741. The van der Waals surface area contributed by atoms with Crippen molar-refractivity contribution in [2.45, 2.75) is 37.7 Å². The van der Waals surface area contributed by atoms with Gasteiger partial charge in [0.2, 0.25) is 0 Å². The third-order valence-electron chi connectivity index (χ3n) is 4.66. The number of hydrogen-bond acceptors (Lipinski definition) is 4. The maximum Gasteiger partial charge on any atom is 0.184 e. The molecule has 1 saturated heterocycles. The summed E-state index contributed by atoms with van der Waals surface area (Å²) < 4.78 is 19.7. The van der Waals surface area contributed by atoms with E-state index in [1.165, 1.54) is 6.07 Å². The normalized spacial score (nSPS) is 17.4. The van der Waals surface area contributed by atoms with Gasteiger partial charge in [-0.1, -0.05) is 17.7 Å². The standard InChI is InChI=1S/C18H19ClFN3O2/c19-16-17(11-3-4-11)22-23-18(16)14(24)5-1-10-2-6-15(13(20)7-10)25-12-8-21-9-12/h2,6-7,11-12,21H,1,3-5,8-9H2,(H,22,23). The van der Waals surface area contributed by atoms with Gasteiger partial charge >= 0.3 is 0 Å². The molecule has 1 aliphatic heterocycles. The number of aromatic amines is 1. The highest BCUT2D eigenvalue weighted by molar-refractivity contribution is 6.34. The Morgan fingerprint density at radius 1 is 1.36 bits per heavy atom. The zero-order valence-corrected chi connectivity index (χ0v) is 14.4. The largest absolute Gasteiger partial charge is 0.485 e. The number of nitrogens with one attached hydrogen (secondary N) is 2. The third-order valence-corrected chi connectivity index (χ3v) is 5.04. The molecule has 0 bridgehead atoms. The predicted molar refractivity (Wildman–Crippen MR) is 91.9 cm³/mol. The van der Waals surface area contributed by atoms with Crippen LogP contribution in [-0.2, 0) is 6.42 Å². The second-order valence-electron chi connectivity index (χ2n) is 6.66. The number of ether oxygens (including phenoxy) is 1. The Labute approximate surface area is 149 Å². The fourth-order valence-corrected chi connectivity index (χ4v) is 3.21. The van der Waals surface area contributed by atoms with Gasteiger partial charge in [0, 0.05) is 25.4 Å². The number of hydrogen-bond donors (Lipinski definition) is 2. The van der Waals surface area contributed by atoms with Crippen molar-refractivity contribution in [2.75, 3.05) is 13.1 Å². The minimum atomic E-state index is -0.398. The molecule has 4 rings (SSSR count). The minimum Gasteiger partial charge on any atom is -0.485 e. The number of halogens is 2. The zero-order valence-electron chi connectivity index (χ0n) is 13.6. The van der Waals surface area contributed by atoms with Crippen molar-refractivity contribution in [2.24, 2.45) is 0 Å². The number of Topliss-reactive ketones (excluding diaryl/α,β-unsaturated/α-hetero) is 1. The number of aromatic nitrogens is 2. The van der Waals surface area contributed by atoms with Crippen LogP contribution in [0, 0.1) is 5.82 Å². The Morgan fingerprint density at radius 2 is 2.16 bits per heavy atom. The zero-order chi connectivity index (χ0) is 17.4. The van der Waals surface area contributed by atoms with E-state index >= 15 is 0 Å². The Balaban J connectivity index is 1.37. The molecule has 1 aromatic heterocycles. The van der Waals surface area contributed by atoms with E-state index in [9.17, 15) is 9.18 Å². The van der Waals surface area contributed by atoms with Crippen LogP contribution in [0.25, 0.3) is 0 Å². The van der Waals surface area contributed by atoms with Gasteiger partial charge in [0.1, 0.15) is 11.8 Å². The van der Waals surface area contributed by atoms with E-state index in [2.05, 4.69) is 15.5 Å². The van der Waals surface area contributed by atoms with Crippen molar-refractivity contribution in [3.63, 3.8) is 0 Å². The second kappa shape index (κ2) is 6.77. The van der Waals surface area contributed by atoms with Gasteiger partial charge in [-0.3, -0.25) is 9.89 Å². The number of ketones is 1. The lowest BCUT2D eigenvalue weighted by Crippen LogP contribution is -2.50. The molecule has 132 valence electrons. The summed E-state index contributed by atoms with van der Waals surface area (Å²) >= 11 is 6.25. The number of H-pyrrole nitrogens is 1. The fraction of sp³-hybridized carbons (Fsp3) is 0.444. The van der Waals surface area contributed by atoms with Crippen LogP contribution in [0.3, 0.4) is 0 Å². The van der Waals surface area contributed by atoms with Crippen LogP contribution in [0.2, 0.25) is 5.02 Å². The topological polar surface area (TPSA) is 67.0 Å². The molecule has 1 aliphatic carbocycles. The lowest BCUT2D eigenvalue weighted by Gasteiger charge is -2.28. The van der Waals surface area contributed by atoms with E-state index < -0.39 is 5.82 Å². The summed E-state index contributed by atoms with van der Waals surface area (Å²) in [5, 5.41) is 10.5. The number of carbonyl (C=O) groups is 1. The van der Waals surface area contributed by atoms with Gasteiger partial charge in [0.05, 0.1) is 10.7 Å². The molecule has 5 nitrogen and oxygen atoms in total. The first-order chi connectivity index (χ1) is 12.1. The van der Waals surface area contributed by atoms with Crippen molar-refractivity contribution in [1.82, 2.24) is 15.5 Å². The van der Waals surface area contributed by atoms with E-state index in [0.717, 1.165) is 37.2 Å². The Hall–Kier alpha value is -1.92. The lowest BCUT2D eigenvalue weighted by molar-refractivity contribution is 0.0978. The van der Waals surface area contributed by atoms with Gasteiger partial charge in [-0.15, -0.1) is 0 Å². The smallest absolute Gasteiger partial charge is 0.184 e. The molecule has 2 fully saturated rings. The predicted octanol–water partition coefficient (Wildman–Crippen LogP) is 3.25. The van der Waals surface area contributed by atoms with Crippen LogP contribution in [0.4, 0.5) is 4.39 Å². The van der Waals surface area contributed by atoms with Gasteiger partial charge in [0.25, 0.3) is 0 Å². The average molecular weight is 364 g/mol. The second-order valence-corrected chi connectivity index (χ2v) is 7.04.